The van der Waals surface area contributed by atoms with E-state index in [0.29, 0.717) is 38.3 Å². The first-order chi connectivity index (χ1) is 17.3. The third kappa shape index (κ3) is 18.4. The van der Waals surface area contributed by atoms with Crippen LogP contribution in [0.2, 0.25) is 0 Å². The average Bonchev–Trinajstić information content (AvgIpc) is 2.90. The molecule has 0 saturated heterocycles. The summed E-state index contributed by atoms with van der Waals surface area (Å²) in [5, 5.41) is 0. The van der Waals surface area contributed by atoms with Crippen LogP contribution in [0.25, 0.3) is 0 Å². The summed E-state index contributed by atoms with van der Waals surface area (Å²) in [4.78, 5) is 0. The first kappa shape index (κ1) is 36.1. The molecule has 0 aromatic heterocycles. The van der Waals surface area contributed by atoms with Crippen LogP contribution in [0.3, 0.4) is 0 Å². The average molecular weight is 563 g/mol. The maximum absolute atomic E-state index is 12.5. The standard InChI is InChI=1S/C24H52O10P2/c1-7-11-13-23(9-3)21-33-35(25,27-5)31-19-17-29-15-16-30-18-20-32-36(26,28-6)34-22-24(10-4)14-12-8-2/h23-24H,7-22H2,1-6H3. The molecule has 0 aromatic carbocycles. The Hall–Kier alpha value is 0.140. The maximum Gasteiger partial charge on any atom is 0.474 e. The van der Waals surface area contributed by atoms with Gasteiger partial charge in [0.25, 0.3) is 0 Å². The topological polar surface area (TPSA) is 108 Å². The van der Waals surface area contributed by atoms with E-state index in [4.69, 9.17) is 36.6 Å². The molecule has 0 spiro atoms. The Bertz CT molecular complexity index is 543. The Morgan fingerprint density at radius 1 is 0.556 bits per heavy atom. The molecule has 0 heterocycles. The van der Waals surface area contributed by atoms with Crippen molar-refractivity contribution in [3.05, 3.63) is 0 Å². The van der Waals surface area contributed by atoms with Crippen molar-refractivity contribution in [2.75, 3.05) is 67.1 Å². The lowest BCUT2D eigenvalue weighted by atomic mass is 10.0. The van der Waals surface area contributed by atoms with Gasteiger partial charge >= 0.3 is 15.6 Å². The molecule has 36 heavy (non-hydrogen) atoms. The summed E-state index contributed by atoms with van der Waals surface area (Å²) in [6, 6.07) is 0. The molecular weight excluding hydrogens is 510 g/mol. The highest BCUT2D eigenvalue weighted by Crippen LogP contribution is 2.49. The molecule has 0 rings (SSSR count). The van der Waals surface area contributed by atoms with Crippen LogP contribution in [-0.2, 0) is 45.7 Å². The second-order valence-corrected chi connectivity index (χ2v) is 12.1. The lowest BCUT2D eigenvalue weighted by Gasteiger charge is -2.20. The summed E-state index contributed by atoms with van der Waals surface area (Å²) in [6.07, 6.45) is 8.41. The van der Waals surface area contributed by atoms with Gasteiger partial charge in [-0.2, -0.15) is 0 Å². The Kier molecular flexibility index (Phi) is 23.2. The predicted octanol–water partition coefficient (Wildman–Crippen LogP) is 7.03. The van der Waals surface area contributed by atoms with Crippen molar-refractivity contribution in [2.45, 2.75) is 79.1 Å². The van der Waals surface area contributed by atoms with E-state index in [1.165, 1.54) is 14.2 Å². The summed E-state index contributed by atoms with van der Waals surface area (Å²) in [5.74, 6) is 0.663. The van der Waals surface area contributed by atoms with E-state index < -0.39 is 15.6 Å². The maximum atomic E-state index is 12.5. The SMILES string of the molecule is CCCCC(CC)COP(=O)(OC)OCCOCCOCCOP(=O)(OC)OCC(CC)CCCC. The molecular formula is C24H52O10P2. The second-order valence-electron chi connectivity index (χ2n) is 8.58. The molecule has 0 amide bonds. The van der Waals surface area contributed by atoms with Crippen molar-refractivity contribution in [1.29, 1.82) is 0 Å². The van der Waals surface area contributed by atoms with E-state index in [-0.39, 0.29) is 26.4 Å². The number of unbranched alkanes of at least 4 members (excludes halogenated alkanes) is 2. The summed E-state index contributed by atoms with van der Waals surface area (Å²) in [5.41, 5.74) is 0. The quantitative estimate of drug-likeness (QED) is 0.0765. The molecule has 4 unspecified atom stereocenters. The molecule has 0 aromatic rings. The fraction of sp³-hybridized carbons (Fsp3) is 1.00. The monoisotopic (exact) mass is 562 g/mol. The zero-order valence-corrected chi connectivity index (χ0v) is 25.2. The molecule has 12 heteroatoms. The van der Waals surface area contributed by atoms with Gasteiger partial charge in [0.15, 0.2) is 0 Å². The van der Waals surface area contributed by atoms with Gasteiger partial charge in [-0.05, 0) is 24.7 Å². The molecule has 4 atom stereocenters. The van der Waals surface area contributed by atoms with Gasteiger partial charge in [0.05, 0.1) is 52.9 Å². The Morgan fingerprint density at radius 2 is 0.917 bits per heavy atom. The first-order valence-corrected chi connectivity index (χ1v) is 16.3. The number of hydrogen-bond acceptors (Lipinski definition) is 10. The van der Waals surface area contributed by atoms with Gasteiger partial charge in [-0.1, -0.05) is 66.2 Å². The minimum Gasteiger partial charge on any atom is -0.377 e. The van der Waals surface area contributed by atoms with Gasteiger partial charge < -0.3 is 9.47 Å². The largest absolute Gasteiger partial charge is 0.474 e. The normalized spacial score (nSPS) is 16.9. The van der Waals surface area contributed by atoms with Gasteiger partial charge in [-0.3, -0.25) is 27.1 Å². The molecule has 10 nitrogen and oxygen atoms in total. The fourth-order valence-electron chi connectivity index (χ4n) is 3.21. The van der Waals surface area contributed by atoms with Crippen molar-refractivity contribution in [1.82, 2.24) is 0 Å². The summed E-state index contributed by atoms with van der Waals surface area (Å²) < 4.78 is 67.4. The van der Waals surface area contributed by atoms with Crippen LogP contribution in [0.5, 0.6) is 0 Å². The Morgan fingerprint density at radius 3 is 1.22 bits per heavy atom. The minimum atomic E-state index is -3.59. The molecule has 0 N–H and O–H groups in total. The molecule has 0 saturated carbocycles. The fourth-order valence-corrected chi connectivity index (χ4v) is 5.17. The zero-order chi connectivity index (χ0) is 27.1. The van der Waals surface area contributed by atoms with Gasteiger partial charge in [-0.25, -0.2) is 9.13 Å². The second kappa shape index (κ2) is 23.1. The van der Waals surface area contributed by atoms with Gasteiger partial charge in [0, 0.05) is 14.2 Å². The van der Waals surface area contributed by atoms with Crippen LogP contribution in [0.1, 0.15) is 79.1 Å². The van der Waals surface area contributed by atoms with Crippen molar-refractivity contribution in [3.8, 4) is 0 Å². The Labute approximate surface area is 219 Å². The van der Waals surface area contributed by atoms with Crippen LogP contribution >= 0.6 is 15.6 Å². The van der Waals surface area contributed by atoms with E-state index in [2.05, 4.69) is 27.7 Å². The van der Waals surface area contributed by atoms with Gasteiger partial charge in [0.2, 0.25) is 0 Å². The van der Waals surface area contributed by atoms with Crippen LogP contribution in [0, 0.1) is 11.8 Å². The van der Waals surface area contributed by atoms with Crippen molar-refractivity contribution in [3.63, 3.8) is 0 Å². The molecule has 0 aliphatic heterocycles. The zero-order valence-electron chi connectivity index (χ0n) is 23.4. The van der Waals surface area contributed by atoms with Crippen LogP contribution in [-0.4, -0.2) is 67.1 Å². The van der Waals surface area contributed by atoms with E-state index >= 15 is 0 Å². The van der Waals surface area contributed by atoms with E-state index in [1.54, 1.807) is 0 Å². The predicted molar refractivity (Wildman–Crippen MR) is 141 cm³/mol. The van der Waals surface area contributed by atoms with Crippen LogP contribution < -0.4 is 0 Å². The van der Waals surface area contributed by atoms with E-state index in [1.807, 2.05) is 0 Å². The summed E-state index contributed by atoms with van der Waals surface area (Å²) in [6.45, 7) is 10.3. The van der Waals surface area contributed by atoms with Gasteiger partial charge in [0.1, 0.15) is 0 Å². The number of phosphoric ester groups is 2. The highest BCUT2D eigenvalue weighted by molar-refractivity contribution is 7.48. The molecule has 218 valence electrons. The molecule has 0 radical (unpaired) electrons. The number of ether oxygens (including phenoxy) is 2. The molecule has 0 aliphatic carbocycles. The number of phosphoric acid groups is 2. The first-order valence-electron chi connectivity index (χ1n) is 13.4. The van der Waals surface area contributed by atoms with E-state index in [9.17, 15) is 9.13 Å². The smallest absolute Gasteiger partial charge is 0.377 e. The highest BCUT2D eigenvalue weighted by atomic mass is 31.2. The molecule has 0 bridgehead atoms. The Balaban J connectivity index is 3.95. The summed E-state index contributed by atoms with van der Waals surface area (Å²) >= 11 is 0. The minimum absolute atomic E-state index is 0.0748. The van der Waals surface area contributed by atoms with Crippen LogP contribution in [0.15, 0.2) is 0 Å². The number of hydrogen-bond donors (Lipinski definition) is 0. The number of rotatable bonds is 27. The van der Waals surface area contributed by atoms with Gasteiger partial charge in [-0.15, -0.1) is 0 Å². The molecule has 0 aliphatic rings. The third-order valence-electron chi connectivity index (χ3n) is 5.80. The van der Waals surface area contributed by atoms with Crippen molar-refractivity contribution >= 4 is 15.6 Å². The molecule has 0 fully saturated rings. The van der Waals surface area contributed by atoms with E-state index in [0.717, 1.165) is 51.4 Å². The lowest BCUT2D eigenvalue weighted by Crippen LogP contribution is -2.14. The van der Waals surface area contributed by atoms with Crippen LogP contribution in [0.4, 0.5) is 0 Å². The highest BCUT2D eigenvalue weighted by Gasteiger charge is 2.27. The van der Waals surface area contributed by atoms with Crippen molar-refractivity contribution < 1.29 is 45.7 Å². The third-order valence-corrected chi connectivity index (χ3v) is 8.62. The van der Waals surface area contributed by atoms with Crippen molar-refractivity contribution in [2.24, 2.45) is 11.8 Å². The lowest BCUT2D eigenvalue weighted by molar-refractivity contribution is 0.0150. The summed E-state index contributed by atoms with van der Waals surface area (Å²) in [7, 11) is -4.55.